The van der Waals surface area contributed by atoms with Crippen molar-refractivity contribution in [2.75, 3.05) is 12.3 Å². The van der Waals surface area contributed by atoms with Crippen molar-refractivity contribution >= 4 is 49.4 Å². The molecule has 10 nitrogen and oxygen atoms in total. The summed E-state index contributed by atoms with van der Waals surface area (Å²) in [6.45, 7) is 0.781. The van der Waals surface area contributed by atoms with Crippen LogP contribution in [0.25, 0.3) is 21.8 Å². The minimum atomic E-state index is -4.59. The summed E-state index contributed by atoms with van der Waals surface area (Å²) in [4.78, 5) is 35.6. The van der Waals surface area contributed by atoms with Crippen molar-refractivity contribution in [3.63, 3.8) is 0 Å². The topological polar surface area (TPSA) is 175 Å². The maximum atomic E-state index is 12.7. The van der Waals surface area contributed by atoms with E-state index in [0.29, 0.717) is 55.6 Å². The Morgan fingerprint density at radius 1 is 0.844 bits per heavy atom. The third-order valence-corrected chi connectivity index (χ3v) is 9.27. The SMILES string of the molecule is NC(=O)c1ccc2c3ccc(C(N)=O)cc3n(CCCNC(=O)CCCCC(O)CS(=O)(=O)c3ccc(C(F)(F)F)cc3)c2c1. The number of nitrogens with one attached hydrogen (secondary N) is 1. The Morgan fingerprint density at radius 2 is 1.40 bits per heavy atom. The van der Waals surface area contributed by atoms with Crippen molar-refractivity contribution in [2.24, 2.45) is 11.5 Å². The van der Waals surface area contributed by atoms with Gasteiger partial charge >= 0.3 is 6.18 Å². The van der Waals surface area contributed by atoms with Crippen LogP contribution in [-0.4, -0.2) is 54.2 Å². The van der Waals surface area contributed by atoms with E-state index in [1.165, 1.54) is 0 Å². The largest absolute Gasteiger partial charge is 0.416 e. The van der Waals surface area contributed by atoms with Gasteiger partial charge in [0.25, 0.3) is 0 Å². The fourth-order valence-electron chi connectivity index (χ4n) is 5.15. The zero-order valence-corrected chi connectivity index (χ0v) is 25.0. The number of aryl methyl sites for hydroxylation is 1. The highest BCUT2D eigenvalue weighted by molar-refractivity contribution is 7.91. The molecule has 0 bridgehead atoms. The first-order valence-corrected chi connectivity index (χ1v) is 15.8. The molecular weight excluding hydrogens is 613 g/mol. The molecule has 4 rings (SSSR count). The van der Waals surface area contributed by atoms with E-state index in [2.05, 4.69) is 5.32 Å². The van der Waals surface area contributed by atoms with Crippen LogP contribution in [0.4, 0.5) is 13.2 Å². The number of nitrogens with two attached hydrogens (primary N) is 2. The van der Waals surface area contributed by atoms with Gasteiger partial charge in [-0.05, 0) is 67.8 Å². The van der Waals surface area contributed by atoms with Gasteiger partial charge in [0, 0.05) is 52.4 Å². The molecule has 1 unspecified atom stereocenters. The number of nitrogens with zero attached hydrogens (tertiary/aromatic N) is 1. The van der Waals surface area contributed by atoms with Crippen LogP contribution in [0.5, 0.6) is 0 Å². The molecule has 3 amide bonds. The molecule has 14 heteroatoms. The highest BCUT2D eigenvalue weighted by atomic mass is 32.2. The highest BCUT2D eigenvalue weighted by Gasteiger charge is 2.31. The maximum absolute atomic E-state index is 12.7. The Balaban J connectivity index is 1.26. The quantitative estimate of drug-likeness (QED) is 0.151. The number of aliphatic hydroxyl groups is 1. The van der Waals surface area contributed by atoms with Crippen molar-refractivity contribution in [2.45, 2.75) is 55.8 Å². The van der Waals surface area contributed by atoms with Gasteiger partial charge in [0.15, 0.2) is 9.84 Å². The smallest absolute Gasteiger partial charge is 0.392 e. The second-order valence-electron chi connectivity index (χ2n) is 10.8. The van der Waals surface area contributed by atoms with E-state index in [4.69, 9.17) is 11.5 Å². The lowest BCUT2D eigenvalue weighted by Crippen LogP contribution is -2.25. The molecule has 0 fully saturated rings. The van der Waals surface area contributed by atoms with E-state index < -0.39 is 45.2 Å². The third-order valence-electron chi connectivity index (χ3n) is 7.46. The number of halogens is 3. The number of amides is 3. The Bertz CT molecular complexity index is 1760. The Labute approximate surface area is 257 Å². The first-order chi connectivity index (χ1) is 21.2. The third kappa shape index (κ3) is 8.19. The maximum Gasteiger partial charge on any atom is 0.416 e. The molecule has 0 saturated heterocycles. The van der Waals surface area contributed by atoms with Crippen LogP contribution < -0.4 is 16.8 Å². The summed E-state index contributed by atoms with van der Waals surface area (Å²) in [7, 11) is -3.99. The van der Waals surface area contributed by atoms with Gasteiger partial charge in [-0.25, -0.2) is 8.42 Å². The van der Waals surface area contributed by atoms with E-state index in [1.807, 2.05) is 4.57 Å². The van der Waals surface area contributed by atoms with E-state index >= 15 is 0 Å². The molecule has 0 saturated carbocycles. The molecule has 1 aromatic heterocycles. The molecule has 0 aliphatic carbocycles. The van der Waals surface area contributed by atoms with Gasteiger partial charge in [0.05, 0.1) is 22.3 Å². The van der Waals surface area contributed by atoms with E-state index in [1.54, 1.807) is 36.4 Å². The van der Waals surface area contributed by atoms with Gasteiger partial charge < -0.3 is 26.5 Å². The molecule has 45 heavy (non-hydrogen) atoms. The number of aliphatic hydroxyl groups excluding tert-OH is 1. The average Bonchev–Trinajstić information content (AvgIpc) is 3.29. The normalized spacial score (nSPS) is 12.8. The molecule has 240 valence electrons. The lowest BCUT2D eigenvalue weighted by Gasteiger charge is -2.12. The summed E-state index contributed by atoms with van der Waals surface area (Å²) in [5, 5.41) is 14.7. The second-order valence-corrected chi connectivity index (χ2v) is 12.8. The zero-order chi connectivity index (χ0) is 32.9. The number of carbonyl (C=O) groups is 3. The number of sulfone groups is 1. The van der Waals surface area contributed by atoms with E-state index in [0.717, 1.165) is 33.9 Å². The molecule has 0 spiro atoms. The summed E-state index contributed by atoms with van der Waals surface area (Å²) in [5.74, 6) is -2.02. The van der Waals surface area contributed by atoms with E-state index in [-0.39, 0.29) is 23.6 Å². The lowest BCUT2D eigenvalue weighted by atomic mass is 10.1. The van der Waals surface area contributed by atoms with Crippen LogP contribution in [-0.2, 0) is 27.4 Å². The molecule has 1 heterocycles. The van der Waals surface area contributed by atoms with Gasteiger partial charge in [-0.3, -0.25) is 14.4 Å². The van der Waals surface area contributed by atoms with Crippen LogP contribution in [0, 0.1) is 0 Å². The van der Waals surface area contributed by atoms with Crippen molar-refractivity contribution in [3.8, 4) is 0 Å². The molecular formula is C31H33F3N4O6S. The zero-order valence-electron chi connectivity index (χ0n) is 24.1. The number of unbranched alkanes of at least 4 members (excludes halogenated alkanes) is 1. The molecule has 4 aromatic rings. The fraction of sp³-hybridized carbons (Fsp3) is 0.323. The van der Waals surface area contributed by atoms with Gasteiger partial charge in [-0.2, -0.15) is 13.2 Å². The van der Waals surface area contributed by atoms with Gasteiger partial charge in [-0.15, -0.1) is 0 Å². The van der Waals surface area contributed by atoms with Crippen molar-refractivity contribution < 1.29 is 41.1 Å². The highest BCUT2D eigenvalue weighted by Crippen LogP contribution is 2.31. The van der Waals surface area contributed by atoms with Crippen LogP contribution in [0.3, 0.4) is 0 Å². The van der Waals surface area contributed by atoms with Crippen LogP contribution in [0.2, 0.25) is 0 Å². The summed E-state index contributed by atoms with van der Waals surface area (Å²) in [5.41, 5.74) is 12.1. The Kier molecular flexibility index (Phi) is 10.2. The summed E-state index contributed by atoms with van der Waals surface area (Å²) in [6, 6.07) is 13.3. The second kappa shape index (κ2) is 13.7. The summed E-state index contributed by atoms with van der Waals surface area (Å²) in [6.07, 6.45) is -4.30. The monoisotopic (exact) mass is 646 g/mol. The molecule has 1 atom stereocenters. The molecule has 0 aliphatic heterocycles. The lowest BCUT2D eigenvalue weighted by molar-refractivity contribution is -0.137. The average molecular weight is 647 g/mol. The minimum Gasteiger partial charge on any atom is -0.392 e. The molecule has 3 aromatic carbocycles. The number of benzene rings is 3. The van der Waals surface area contributed by atoms with Crippen molar-refractivity contribution in [3.05, 3.63) is 77.4 Å². The first-order valence-electron chi connectivity index (χ1n) is 14.2. The number of aromatic nitrogens is 1. The standard InChI is InChI=1S/C31H33F3N4O6S/c32-31(33,34)21-8-10-23(11-9-21)45(43,44)18-22(39)4-1-2-5-28(40)37-14-3-15-38-26-16-19(29(35)41)6-12-24(26)25-13-7-20(30(36)42)17-27(25)38/h6-13,16-17,22,39H,1-5,14-15,18H2,(H2,35,41)(H2,36,42)(H,37,40). The van der Waals surface area contributed by atoms with Crippen LogP contribution >= 0.6 is 0 Å². The molecule has 0 radical (unpaired) electrons. The number of fused-ring (bicyclic) bond motifs is 3. The molecule has 6 N–H and O–H groups in total. The van der Waals surface area contributed by atoms with Gasteiger partial charge in [0.1, 0.15) is 0 Å². The number of hydrogen-bond acceptors (Lipinski definition) is 6. The number of rotatable bonds is 14. The van der Waals surface area contributed by atoms with Gasteiger partial charge in [0.2, 0.25) is 17.7 Å². The van der Waals surface area contributed by atoms with E-state index in [9.17, 15) is 41.1 Å². The number of hydrogen-bond donors (Lipinski definition) is 4. The van der Waals surface area contributed by atoms with Crippen molar-refractivity contribution in [1.29, 1.82) is 0 Å². The number of carbonyl (C=O) groups excluding carboxylic acids is 3. The fourth-order valence-corrected chi connectivity index (χ4v) is 6.56. The predicted octanol–water partition coefficient (Wildman–Crippen LogP) is 3.91. The summed E-state index contributed by atoms with van der Waals surface area (Å²) < 4.78 is 65.1. The number of primary amides is 2. The first kappa shape index (κ1) is 33.5. The van der Waals surface area contributed by atoms with Crippen molar-refractivity contribution in [1.82, 2.24) is 9.88 Å². The van der Waals surface area contributed by atoms with Gasteiger partial charge in [-0.1, -0.05) is 18.6 Å². The Morgan fingerprint density at radius 3 is 1.91 bits per heavy atom. The van der Waals surface area contributed by atoms with Crippen LogP contribution in [0.1, 0.15) is 58.4 Å². The summed E-state index contributed by atoms with van der Waals surface area (Å²) >= 11 is 0. The van der Waals surface area contributed by atoms with Crippen LogP contribution in [0.15, 0.2) is 65.6 Å². The number of alkyl halides is 3. The minimum absolute atomic E-state index is 0.0987. The molecule has 0 aliphatic rings. The predicted molar refractivity (Wildman–Crippen MR) is 162 cm³/mol. The Hall–Kier alpha value is -4.43.